The molecule has 1 aliphatic heterocycles. The second-order valence-corrected chi connectivity index (χ2v) is 7.35. The van der Waals surface area contributed by atoms with Gasteiger partial charge in [0, 0.05) is 18.5 Å². The van der Waals surface area contributed by atoms with Gasteiger partial charge in [-0.3, -0.25) is 19.7 Å². The second-order valence-electron chi connectivity index (χ2n) is 6.91. The Labute approximate surface area is 182 Å². The number of H-pyrrole nitrogens is 1. The van der Waals surface area contributed by atoms with Crippen LogP contribution in [0.4, 0.5) is 11.4 Å². The minimum absolute atomic E-state index is 0.0957. The lowest BCUT2D eigenvalue weighted by atomic mass is 10.1. The number of aromatic nitrogens is 4. The fraction of sp³-hybridized carbons (Fsp3) is 0.250. The van der Waals surface area contributed by atoms with Crippen LogP contribution in [0.1, 0.15) is 33.7 Å². The van der Waals surface area contributed by atoms with E-state index < -0.39 is 11.8 Å². The van der Waals surface area contributed by atoms with Crippen LogP contribution in [0.3, 0.4) is 0 Å². The van der Waals surface area contributed by atoms with Gasteiger partial charge in [-0.05, 0) is 38.1 Å². The summed E-state index contributed by atoms with van der Waals surface area (Å²) in [7, 11) is 0. The highest BCUT2D eigenvalue weighted by Gasteiger charge is 2.18. The van der Waals surface area contributed by atoms with Crippen molar-refractivity contribution >= 4 is 34.8 Å². The standard InChI is InChI=1S/C20H20ClN7O3/c21-13-7-12(8-23-9-13)19(29)27-16-11-25-28-18(16)20(30)26-14-1-2-17(24-10-14)31-15-3-5-22-6-4-15/h1-2,7-11,15,22H,3-6H2,(H,25,28)(H,26,30)(H,27,29). The number of pyridine rings is 2. The van der Waals surface area contributed by atoms with Crippen LogP contribution in [0, 0.1) is 0 Å². The Hall–Kier alpha value is -3.50. The number of aromatic amines is 1. The quantitative estimate of drug-likeness (QED) is 0.461. The van der Waals surface area contributed by atoms with Crippen molar-refractivity contribution in [2.24, 2.45) is 0 Å². The van der Waals surface area contributed by atoms with Crippen LogP contribution in [0.15, 0.2) is 43.0 Å². The molecule has 0 spiro atoms. The normalized spacial score (nSPS) is 14.1. The van der Waals surface area contributed by atoms with Crippen LogP contribution < -0.4 is 20.7 Å². The van der Waals surface area contributed by atoms with E-state index >= 15 is 0 Å². The number of anilines is 2. The van der Waals surface area contributed by atoms with Gasteiger partial charge in [-0.2, -0.15) is 5.10 Å². The zero-order valence-corrected chi connectivity index (χ0v) is 17.1. The number of piperidine rings is 1. The Morgan fingerprint density at radius 3 is 2.65 bits per heavy atom. The van der Waals surface area contributed by atoms with Gasteiger partial charge >= 0.3 is 0 Å². The number of hydrogen-bond donors (Lipinski definition) is 4. The Kier molecular flexibility index (Phi) is 6.39. The number of hydrogen-bond acceptors (Lipinski definition) is 7. The third-order valence-electron chi connectivity index (χ3n) is 4.65. The van der Waals surface area contributed by atoms with Crippen molar-refractivity contribution < 1.29 is 14.3 Å². The number of nitrogens with zero attached hydrogens (tertiary/aromatic N) is 3. The number of nitrogens with one attached hydrogen (secondary N) is 4. The fourth-order valence-electron chi connectivity index (χ4n) is 3.09. The van der Waals surface area contributed by atoms with Crippen molar-refractivity contribution in [3.63, 3.8) is 0 Å². The summed E-state index contributed by atoms with van der Waals surface area (Å²) >= 11 is 5.87. The monoisotopic (exact) mass is 441 g/mol. The molecule has 2 amide bonds. The summed E-state index contributed by atoms with van der Waals surface area (Å²) in [5, 5.41) is 15.4. The largest absolute Gasteiger partial charge is 0.474 e. The van der Waals surface area contributed by atoms with Crippen molar-refractivity contribution in [1.29, 1.82) is 0 Å². The summed E-state index contributed by atoms with van der Waals surface area (Å²) in [6, 6.07) is 4.88. The maximum absolute atomic E-state index is 12.6. The van der Waals surface area contributed by atoms with Crippen LogP contribution in [0.2, 0.25) is 5.02 Å². The molecule has 0 bridgehead atoms. The predicted molar refractivity (Wildman–Crippen MR) is 114 cm³/mol. The van der Waals surface area contributed by atoms with Crippen LogP contribution in [0.5, 0.6) is 5.88 Å². The van der Waals surface area contributed by atoms with Crippen molar-refractivity contribution in [2.75, 3.05) is 23.7 Å². The minimum atomic E-state index is -0.481. The lowest BCUT2D eigenvalue weighted by Gasteiger charge is -2.23. The van der Waals surface area contributed by atoms with Crippen LogP contribution in [0.25, 0.3) is 0 Å². The van der Waals surface area contributed by atoms with Crippen LogP contribution >= 0.6 is 11.6 Å². The third-order valence-corrected chi connectivity index (χ3v) is 4.86. The van der Waals surface area contributed by atoms with E-state index in [1.165, 1.54) is 30.9 Å². The summed E-state index contributed by atoms with van der Waals surface area (Å²) in [6.45, 7) is 1.85. The Bertz CT molecular complexity index is 1060. The lowest BCUT2D eigenvalue weighted by Crippen LogP contribution is -2.34. The number of rotatable bonds is 6. The molecule has 0 aromatic carbocycles. The number of halogens is 1. The average molecular weight is 442 g/mol. The molecule has 1 saturated heterocycles. The SMILES string of the molecule is O=C(Nc1cn[nH]c1C(=O)Nc1ccc(OC2CCNCC2)nc1)c1cncc(Cl)c1. The molecule has 0 aliphatic carbocycles. The number of ether oxygens (including phenoxy) is 1. The molecular weight excluding hydrogens is 422 g/mol. The molecule has 4 N–H and O–H groups in total. The van der Waals surface area contributed by atoms with E-state index in [1.807, 2.05) is 0 Å². The van der Waals surface area contributed by atoms with Gasteiger partial charge in [0.05, 0.1) is 34.4 Å². The first-order valence-corrected chi connectivity index (χ1v) is 10.1. The third kappa shape index (κ3) is 5.36. The van der Waals surface area contributed by atoms with Gasteiger partial charge in [-0.15, -0.1) is 0 Å². The zero-order chi connectivity index (χ0) is 21.6. The average Bonchev–Trinajstić information content (AvgIpc) is 3.24. The Balaban J connectivity index is 1.38. The van der Waals surface area contributed by atoms with E-state index in [0.717, 1.165) is 25.9 Å². The van der Waals surface area contributed by atoms with Gasteiger partial charge in [-0.1, -0.05) is 11.6 Å². The molecule has 4 rings (SSSR count). The number of carbonyl (C=O) groups excluding carboxylic acids is 2. The molecule has 4 heterocycles. The summed E-state index contributed by atoms with van der Waals surface area (Å²) in [5.41, 5.74) is 1.06. The van der Waals surface area contributed by atoms with Gasteiger partial charge in [0.1, 0.15) is 11.8 Å². The highest BCUT2D eigenvalue weighted by molar-refractivity contribution is 6.30. The first-order chi connectivity index (χ1) is 15.1. The number of carbonyl (C=O) groups is 2. The topological polar surface area (TPSA) is 134 Å². The summed E-state index contributed by atoms with van der Waals surface area (Å²) in [5.74, 6) is -0.438. The first kappa shape index (κ1) is 20.8. The van der Waals surface area contributed by atoms with Crippen molar-refractivity contribution in [1.82, 2.24) is 25.5 Å². The van der Waals surface area contributed by atoms with E-state index in [1.54, 1.807) is 12.1 Å². The predicted octanol–water partition coefficient (Wildman–Crippen LogP) is 2.49. The van der Waals surface area contributed by atoms with E-state index in [4.69, 9.17) is 16.3 Å². The highest BCUT2D eigenvalue weighted by Crippen LogP contribution is 2.19. The van der Waals surface area contributed by atoms with Crippen LogP contribution in [-0.4, -0.2) is 51.2 Å². The summed E-state index contributed by atoms with van der Waals surface area (Å²) < 4.78 is 5.86. The maximum Gasteiger partial charge on any atom is 0.275 e. The van der Waals surface area contributed by atoms with Crippen molar-refractivity contribution in [3.8, 4) is 5.88 Å². The second kappa shape index (κ2) is 9.54. The molecule has 10 nitrogen and oxygen atoms in total. The van der Waals surface area contributed by atoms with E-state index in [-0.39, 0.29) is 23.0 Å². The van der Waals surface area contributed by atoms with Gasteiger partial charge < -0.3 is 20.7 Å². The van der Waals surface area contributed by atoms with Gasteiger partial charge in [-0.25, -0.2) is 4.98 Å². The smallest absolute Gasteiger partial charge is 0.275 e. The molecule has 11 heteroatoms. The number of amides is 2. The molecule has 0 atom stereocenters. The first-order valence-electron chi connectivity index (χ1n) is 9.68. The molecule has 160 valence electrons. The zero-order valence-electron chi connectivity index (χ0n) is 16.4. The van der Waals surface area contributed by atoms with Gasteiger partial charge in [0.2, 0.25) is 5.88 Å². The Morgan fingerprint density at radius 1 is 1.06 bits per heavy atom. The fourth-order valence-corrected chi connectivity index (χ4v) is 3.26. The molecule has 3 aromatic rings. The molecule has 1 aliphatic rings. The summed E-state index contributed by atoms with van der Waals surface area (Å²) in [4.78, 5) is 33.2. The minimum Gasteiger partial charge on any atom is -0.474 e. The molecule has 0 unspecified atom stereocenters. The van der Waals surface area contributed by atoms with Gasteiger partial charge in [0.25, 0.3) is 11.8 Å². The van der Waals surface area contributed by atoms with Crippen LogP contribution in [-0.2, 0) is 0 Å². The molecule has 0 radical (unpaired) electrons. The van der Waals surface area contributed by atoms with Gasteiger partial charge in [0.15, 0.2) is 0 Å². The molecule has 0 saturated carbocycles. The van der Waals surface area contributed by atoms with E-state index in [2.05, 4.69) is 36.1 Å². The van der Waals surface area contributed by atoms with E-state index in [9.17, 15) is 9.59 Å². The van der Waals surface area contributed by atoms with Crippen molar-refractivity contribution in [2.45, 2.75) is 18.9 Å². The molecular formula is C20H20ClN7O3. The lowest BCUT2D eigenvalue weighted by molar-refractivity contribution is 0.102. The molecule has 31 heavy (non-hydrogen) atoms. The van der Waals surface area contributed by atoms with E-state index in [0.29, 0.717) is 16.6 Å². The highest BCUT2D eigenvalue weighted by atomic mass is 35.5. The maximum atomic E-state index is 12.6. The Morgan fingerprint density at radius 2 is 1.90 bits per heavy atom. The summed E-state index contributed by atoms with van der Waals surface area (Å²) in [6.07, 6.45) is 7.66. The molecule has 3 aromatic heterocycles. The molecule has 1 fully saturated rings. The van der Waals surface area contributed by atoms with Crippen molar-refractivity contribution in [3.05, 3.63) is 59.3 Å².